The maximum atomic E-state index is 12.6. The molecule has 3 rings (SSSR count). The minimum atomic E-state index is -3.22. The molecule has 2 aliphatic rings. The lowest BCUT2D eigenvalue weighted by Crippen LogP contribution is -2.47. The number of sulfonamides is 1. The number of rotatable bonds is 4. The molecule has 8 nitrogen and oxygen atoms in total. The second-order valence-corrected chi connectivity index (χ2v) is 8.59. The molecule has 2 saturated heterocycles. The topological polar surface area (TPSA) is 93.5 Å². The first-order valence-corrected chi connectivity index (χ1v) is 10.1. The van der Waals surface area contributed by atoms with Crippen molar-refractivity contribution >= 4 is 15.9 Å². The Morgan fingerprint density at radius 3 is 2.96 bits per heavy atom. The molecule has 1 spiro atoms. The van der Waals surface area contributed by atoms with Crippen molar-refractivity contribution in [3.63, 3.8) is 0 Å². The second kappa shape index (κ2) is 6.45. The molecule has 134 valence electrons. The first-order chi connectivity index (χ1) is 11.3. The van der Waals surface area contributed by atoms with Gasteiger partial charge in [0.25, 0.3) is 5.91 Å². The normalized spacial score (nSPS) is 27.8. The standard InChI is InChI=1S/C15H24N4O4S/c1-18-13(5-8-16-18)14(20)19-9-7-15(11-19)6-3-4-12(23-15)10-17-24(2,21)22/h5,8,12,17H,3-4,6-7,9-11H2,1-2H3/t12-,15+/m0/s1. The molecule has 9 heteroatoms. The van der Waals surface area contributed by atoms with Gasteiger partial charge >= 0.3 is 0 Å². The number of aryl methyl sites for hydroxylation is 1. The van der Waals surface area contributed by atoms with E-state index in [0.29, 0.717) is 18.8 Å². The van der Waals surface area contributed by atoms with Gasteiger partial charge in [-0.1, -0.05) is 0 Å². The molecule has 0 unspecified atom stereocenters. The Kier molecular flexibility index (Phi) is 4.67. The highest BCUT2D eigenvalue weighted by molar-refractivity contribution is 7.88. The summed E-state index contributed by atoms with van der Waals surface area (Å²) in [6.07, 6.45) is 6.12. The van der Waals surface area contributed by atoms with E-state index in [9.17, 15) is 13.2 Å². The van der Waals surface area contributed by atoms with E-state index in [-0.39, 0.29) is 24.2 Å². The van der Waals surface area contributed by atoms with Crippen LogP contribution in [0.5, 0.6) is 0 Å². The monoisotopic (exact) mass is 356 g/mol. The summed E-state index contributed by atoms with van der Waals surface area (Å²) in [4.78, 5) is 14.4. The van der Waals surface area contributed by atoms with Crippen molar-refractivity contribution in [2.75, 3.05) is 25.9 Å². The summed E-state index contributed by atoms with van der Waals surface area (Å²) in [6, 6.07) is 1.72. The molecule has 0 aromatic carbocycles. The summed E-state index contributed by atoms with van der Waals surface area (Å²) in [5.41, 5.74) is 0.217. The molecule has 2 atom stereocenters. The average molecular weight is 356 g/mol. The smallest absolute Gasteiger partial charge is 0.272 e. The number of nitrogens with zero attached hydrogens (tertiary/aromatic N) is 3. The van der Waals surface area contributed by atoms with Crippen LogP contribution in [-0.4, -0.2) is 66.6 Å². The van der Waals surface area contributed by atoms with Gasteiger partial charge in [-0.2, -0.15) is 5.10 Å². The highest BCUT2D eigenvalue weighted by atomic mass is 32.2. The van der Waals surface area contributed by atoms with Crippen LogP contribution in [0.3, 0.4) is 0 Å². The molecule has 3 heterocycles. The summed E-state index contributed by atoms with van der Waals surface area (Å²) >= 11 is 0. The van der Waals surface area contributed by atoms with Crippen LogP contribution in [0.2, 0.25) is 0 Å². The van der Waals surface area contributed by atoms with E-state index < -0.39 is 10.0 Å². The largest absolute Gasteiger partial charge is 0.368 e. The van der Waals surface area contributed by atoms with Crippen molar-refractivity contribution in [3.8, 4) is 0 Å². The molecule has 2 fully saturated rings. The summed E-state index contributed by atoms with van der Waals surface area (Å²) in [7, 11) is -1.47. The molecule has 0 aliphatic carbocycles. The molecule has 24 heavy (non-hydrogen) atoms. The van der Waals surface area contributed by atoms with Crippen molar-refractivity contribution in [1.82, 2.24) is 19.4 Å². The molecular formula is C15H24N4O4S. The van der Waals surface area contributed by atoms with Gasteiger partial charge < -0.3 is 9.64 Å². The third-order valence-electron chi connectivity index (χ3n) is 4.79. The number of carbonyl (C=O) groups excluding carboxylic acids is 1. The molecule has 2 aliphatic heterocycles. The van der Waals surface area contributed by atoms with Gasteiger partial charge in [0.05, 0.1) is 24.5 Å². The van der Waals surface area contributed by atoms with E-state index in [1.165, 1.54) is 0 Å². The Balaban J connectivity index is 1.63. The Morgan fingerprint density at radius 2 is 2.29 bits per heavy atom. The Hall–Kier alpha value is -1.45. The lowest BCUT2D eigenvalue weighted by Gasteiger charge is -2.38. The van der Waals surface area contributed by atoms with Gasteiger partial charge in [0.15, 0.2) is 0 Å². The number of ether oxygens (including phenoxy) is 1. The van der Waals surface area contributed by atoms with Crippen LogP contribution < -0.4 is 4.72 Å². The van der Waals surface area contributed by atoms with Crippen molar-refractivity contribution in [2.45, 2.75) is 37.4 Å². The van der Waals surface area contributed by atoms with Gasteiger partial charge in [0, 0.05) is 26.3 Å². The highest BCUT2D eigenvalue weighted by Gasteiger charge is 2.44. The SMILES string of the molecule is Cn1nccc1C(=O)N1CC[C@]2(CCC[C@@H](CNS(C)(=O)=O)O2)C1. The zero-order valence-electron chi connectivity index (χ0n) is 14.1. The molecule has 0 saturated carbocycles. The highest BCUT2D eigenvalue weighted by Crippen LogP contribution is 2.37. The van der Waals surface area contributed by atoms with Crippen LogP contribution in [0.4, 0.5) is 0 Å². The summed E-state index contributed by atoms with van der Waals surface area (Å²) < 4.78 is 32.8. The molecule has 1 aromatic rings. The fourth-order valence-corrected chi connectivity index (χ4v) is 4.06. The summed E-state index contributed by atoms with van der Waals surface area (Å²) in [5, 5.41) is 4.05. The quantitative estimate of drug-likeness (QED) is 0.827. The van der Waals surface area contributed by atoms with Gasteiger partial charge in [0.1, 0.15) is 5.69 Å². The van der Waals surface area contributed by atoms with Gasteiger partial charge in [-0.05, 0) is 31.7 Å². The third kappa shape index (κ3) is 3.79. The molecule has 0 bridgehead atoms. The third-order valence-corrected chi connectivity index (χ3v) is 5.48. The molecular weight excluding hydrogens is 332 g/mol. The van der Waals surface area contributed by atoms with Gasteiger partial charge in [0.2, 0.25) is 10.0 Å². The maximum Gasteiger partial charge on any atom is 0.272 e. The van der Waals surface area contributed by atoms with Crippen LogP contribution in [0.25, 0.3) is 0 Å². The predicted molar refractivity (Wildman–Crippen MR) is 88.0 cm³/mol. The minimum Gasteiger partial charge on any atom is -0.368 e. The van der Waals surface area contributed by atoms with Crippen molar-refractivity contribution < 1.29 is 17.9 Å². The molecule has 1 N–H and O–H groups in total. The lowest BCUT2D eigenvalue weighted by molar-refractivity contribution is -0.116. The van der Waals surface area contributed by atoms with Gasteiger partial charge in [-0.15, -0.1) is 0 Å². The van der Waals surface area contributed by atoms with Crippen LogP contribution in [-0.2, 0) is 21.8 Å². The second-order valence-electron chi connectivity index (χ2n) is 6.75. The average Bonchev–Trinajstić information content (AvgIpc) is 3.11. The van der Waals surface area contributed by atoms with E-state index in [0.717, 1.165) is 31.9 Å². The van der Waals surface area contributed by atoms with Crippen LogP contribution >= 0.6 is 0 Å². The van der Waals surface area contributed by atoms with Gasteiger partial charge in [-0.3, -0.25) is 9.48 Å². The summed E-state index contributed by atoms with van der Waals surface area (Å²) in [6.45, 7) is 1.49. The van der Waals surface area contributed by atoms with Crippen LogP contribution in [0, 0.1) is 0 Å². The first-order valence-electron chi connectivity index (χ1n) is 8.18. The van der Waals surface area contributed by atoms with E-state index >= 15 is 0 Å². The van der Waals surface area contributed by atoms with Crippen molar-refractivity contribution in [1.29, 1.82) is 0 Å². The Bertz CT molecular complexity index is 717. The molecule has 0 radical (unpaired) electrons. The molecule has 1 amide bonds. The number of hydrogen-bond acceptors (Lipinski definition) is 5. The number of nitrogens with one attached hydrogen (secondary N) is 1. The maximum absolute atomic E-state index is 12.6. The van der Waals surface area contributed by atoms with Crippen molar-refractivity contribution in [2.24, 2.45) is 7.05 Å². The number of aromatic nitrogens is 2. The van der Waals surface area contributed by atoms with E-state index in [1.807, 2.05) is 4.90 Å². The Morgan fingerprint density at radius 1 is 1.50 bits per heavy atom. The summed E-state index contributed by atoms with van der Waals surface area (Å²) in [5.74, 6) is -0.0353. The van der Waals surface area contributed by atoms with Crippen molar-refractivity contribution in [3.05, 3.63) is 18.0 Å². The van der Waals surface area contributed by atoms with Gasteiger partial charge in [-0.25, -0.2) is 13.1 Å². The van der Waals surface area contributed by atoms with E-state index in [2.05, 4.69) is 9.82 Å². The fraction of sp³-hybridized carbons (Fsp3) is 0.733. The zero-order chi connectivity index (χ0) is 17.4. The number of carbonyl (C=O) groups is 1. The number of amides is 1. The van der Waals surface area contributed by atoms with Crippen LogP contribution in [0.1, 0.15) is 36.2 Å². The van der Waals surface area contributed by atoms with Crippen LogP contribution in [0.15, 0.2) is 12.3 Å². The molecule has 1 aromatic heterocycles. The predicted octanol–water partition coefficient (Wildman–Crippen LogP) is 0.123. The zero-order valence-corrected chi connectivity index (χ0v) is 14.9. The fourth-order valence-electron chi connectivity index (χ4n) is 3.58. The minimum absolute atomic E-state index is 0.0353. The van der Waals surface area contributed by atoms with E-state index in [1.54, 1.807) is 24.0 Å². The first kappa shape index (κ1) is 17.4. The Labute approximate surface area is 142 Å². The van der Waals surface area contributed by atoms with E-state index in [4.69, 9.17) is 4.74 Å². The lowest BCUT2D eigenvalue weighted by atomic mass is 9.90. The number of hydrogen-bond donors (Lipinski definition) is 1. The number of likely N-dealkylation sites (tertiary alicyclic amines) is 1.